The molecule has 130 valence electrons. The fourth-order valence-corrected chi connectivity index (χ4v) is 3.33. The topological polar surface area (TPSA) is 70.7 Å². The average Bonchev–Trinajstić information content (AvgIpc) is 2.61. The second-order valence-corrected chi connectivity index (χ2v) is 6.31. The Balaban J connectivity index is 1.54. The van der Waals surface area contributed by atoms with Gasteiger partial charge in [0.25, 0.3) is 0 Å². The van der Waals surface area contributed by atoms with Crippen molar-refractivity contribution in [1.82, 2.24) is 15.5 Å². The van der Waals surface area contributed by atoms with Gasteiger partial charge in [-0.25, -0.2) is 0 Å². The number of carbonyl (C=O) groups excluding carboxylic acids is 2. The average molecular weight is 331 g/mol. The van der Waals surface area contributed by atoms with Gasteiger partial charge >= 0.3 is 0 Å². The van der Waals surface area contributed by atoms with Crippen molar-refractivity contribution in [2.24, 2.45) is 0 Å². The van der Waals surface area contributed by atoms with Crippen LogP contribution in [-0.2, 0) is 22.6 Å². The van der Waals surface area contributed by atoms with Crippen LogP contribution in [0.3, 0.4) is 0 Å². The predicted octanol–water partition coefficient (Wildman–Crippen LogP) is 0.838. The van der Waals surface area contributed by atoms with Crippen LogP contribution < -0.4 is 15.4 Å². The molecule has 2 aliphatic heterocycles. The minimum Gasteiger partial charge on any atom is -0.493 e. The Bertz CT molecular complexity index is 618. The minimum atomic E-state index is -0.360. The van der Waals surface area contributed by atoms with E-state index in [1.807, 2.05) is 19.1 Å². The largest absolute Gasteiger partial charge is 0.493 e. The number of likely N-dealkylation sites (N-methyl/N-ethyl adjacent to an activating group) is 1. The van der Waals surface area contributed by atoms with Crippen LogP contribution in [0.2, 0.25) is 0 Å². The van der Waals surface area contributed by atoms with Crippen molar-refractivity contribution in [3.05, 3.63) is 29.3 Å². The summed E-state index contributed by atoms with van der Waals surface area (Å²) in [6, 6.07) is 5.69. The molecule has 0 bridgehead atoms. The first-order valence-electron chi connectivity index (χ1n) is 8.70. The molecule has 1 saturated heterocycles. The van der Waals surface area contributed by atoms with E-state index in [9.17, 15) is 9.59 Å². The maximum absolute atomic E-state index is 12.2. The Morgan fingerprint density at radius 1 is 1.46 bits per heavy atom. The summed E-state index contributed by atoms with van der Waals surface area (Å²) >= 11 is 0. The van der Waals surface area contributed by atoms with Gasteiger partial charge in [0.15, 0.2) is 0 Å². The molecular formula is C18H25N3O3. The van der Waals surface area contributed by atoms with E-state index in [-0.39, 0.29) is 24.3 Å². The lowest BCUT2D eigenvalue weighted by molar-refractivity contribution is -0.133. The number of hydrogen-bond donors (Lipinski definition) is 2. The summed E-state index contributed by atoms with van der Waals surface area (Å²) in [6.45, 7) is 5.49. The molecule has 1 aromatic rings. The zero-order chi connectivity index (χ0) is 16.9. The summed E-state index contributed by atoms with van der Waals surface area (Å²) in [5.74, 6) is 0.808. The van der Waals surface area contributed by atoms with Crippen molar-refractivity contribution >= 4 is 11.8 Å². The first kappa shape index (κ1) is 16.8. The fourth-order valence-electron chi connectivity index (χ4n) is 3.33. The second-order valence-electron chi connectivity index (χ2n) is 6.31. The quantitative estimate of drug-likeness (QED) is 0.839. The maximum Gasteiger partial charge on any atom is 0.237 e. The van der Waals surface area contributed by atoms with Gasteiger partial charge in [0, 0.05) is 19.6 Å². The molecule has 6 nitrogen and oxygen atoms in total. The lowest BCUT2D eigenvalue weighted by Gasteiger charge is -2.33. The number of hydrogen-bond acceptors (Lipinski definition) is 4. The molecule has 1 atom stereocenters. The molecule has 0 radical (unpaired) electrons. The monoisotopic (exact) mass is 331 g/mol. The number of nitrogens with one attached hydrogen (secondary N) is 2. The van der Waals surface area contributed by atoms with Crippen LogP contribution >= 0.6 is 0 Å². The summed E-state index contributed by atoms with van der Waals surface area (Å²) in [7, 11) is 0. The van der Waals surface area contributed by atoms with E-state index >= 15 is 0 Å². The molecule has 0 spiro atoms. The third kappa shape index (κ3) is 3.87. The van der Waals surface area contributed by atoms with Crippen molar-refractivity contribution < 1.29 is 14.3 Å². The van der Waals surface area contributed by atoms with E-state index in [0.717, 1.165) is 43.9 Å². The van der Waals surface area contributed by atoms with Crippen LogP contribution in [0.15, 0.2) is 18.2 Å². The Morgan fingerprint density at radius 2 is 2.33 bits per heavy atom. The maximum atomic E-state index is 12.2. The number of benzene rings is 1. The van der Waals surface area contributed by atoms with Gasteiger partial charge in [0.2, 0.25) is 11.8 Å². The number of amides is 2. The Labute approximate surface area is 142 Å². The standard InChI is InChI=1S/C18H25N3O3/c1-2-21-8-7-19-18(23)15(21)11-17(22)20-12-13-5-6-16-14(10-13)4-3-9-24-16/h5-6,10,15H,2-4,7-9,11-12H2,1H3,(H,19,23)(H,20,22)/t15-/m0/s1. The molecule has 2 amide bonds. The highest BCUT2D eigenvalue weighted by atomic mass is 16.5. The summed E-state index contributed by atoms with van der Waals surface area (Å²) in [4.78, 5) is 26.3. The highest BCUT2D eigenvalue weighted by molar-refractivity contribution is 5.88. The minimum absolute atomic E-state index is 0.0517. The van der Waals surface area contributed by atoms with E-state index in [2.05, 4.69) is 21.6 Å². The molecular weight excluding hydrogens is 306 g/mol. The number of rotatable bonds is 5. The van der Waals surface area contributed by atoms with Gasteiger partial charge in [-0.1, -0.05) is 19.1 Å². The first-order valence-corrected chi connectivity index (χ1v) is 8.70. The molecule has 6 heteroatoms. The number of fused-ring (bicyclic) bond motifs is 1. The molecule has 3 rings (SSSR count). The molecule has 2 N–H and O–H groups in total. The van der Waals surface area contributed by atoms with E-state index in [4.69, 9.17) is 4.74 Å². The van der Waals surface area contributed by atoms with Crippen LogP contribution in [0.25, 0.3) is 0 Å². The SMILES string of the molecule is CCN1CCNC(=O)[C@@H]1CC(=O)NCc1ccc2c(c1)CCCO2. The first-order chi connectivity index (χ1) is 11.7. The van der Waals surface area contributed by atoms with Crippen molar-refractivity contribution in [3.63, 3.8) is 0 Å². The van der Waals surface area contributed by atoms with E-state index in [1.165, 1.54) is 5.56 Å². The van der Waals surface area contributed by atoms with Gasteiger partial charge in [-0.15, -0.1) is 0 Å². The van der Waals surface area contributed by atoms with Gasteiger partial charge in [0.05, 0.1) is 19.1 Å². The summed E-state index contributed by atoms with van der Waals surface area (Å²) in [6.07, 6.45) is 2.25. The van der Waals surface area contributed by atoms with E-state index in [0.29, 0.717) is 13.1 Å². The molecule has 2 aliphatic rings. The van der Waals surface area contributed by atoms with Crippen molar-refractivity contribution in [3.8, 4) is 5.75 Å². The molecule has 1 fully saturated rings. The Kier molecular flexibility index (Phi) is 5.35. The highest BCUT2D eigenvalue weighted by Crippen LogP contribution is 2.25. The number of piperazine rings is 1. The van der Waals surface area contributed by atoms with Crippen LogP contribution in [0.5, 0.6) is 5.75 Å². The van der Waals surface area contributed by atoms with Crippen LogP contribution in [0.4, 0.5) is 0 Å². The Morgan fingerprint density at radius 3 is 3.17 bits per heavy atom. The second kappa shape index (κ2) is 7.66. The molecule has 0 aromatic heterocycles. The smallest absolute Gasteiger partial charge is 0.237 e. The molecule has 0 unspecified atom stereocenters. The van der Waals surface area contributed by atoms with Crippen molar-refractivity contribution in [2.45, 2.75) is 38.8 Å². The van der Waals surface area contributed by atoms with Gasteiger partial charge in [-0.2, -0.15) is 0 Å². The lowest BCUT2D eigenvalue weighted by atomic mass is 10.0. The number of aryl methyl sites for hydroxylation is 1. The highest BCUT2D eigenvalue weighted by Gasteiger charge is 2.30. The Hall–Kier alpha value is -2.08. The van der Waals surface area contributed by atoms with E-state index < -0.39 is 0 Å². The van der Waals surface area contributed by atoms with Crippen molar-refractivity contribution in [1.29, 1.82) is 0 Å². The summed E-state index contributed by atoms with van der Waals surface area (Å²) in [5.41, 5.74) is 2.27. The van der Waals surface area contributed by atoms with Gasteiger partial charge < -0.3 is 15.4 Å². The zero-order valence-corrected chi connectivity index (χ0v) is 14.1. The normalized spacial score (nSPS) is 20.7. The summed E-state index contributed by atoms with van der Waals surface area (Å²) in [5, 5.41) is 5.77. The molecule has 0 saturated carbocycles. The molecule has 0 aliphatic carbocycles. The number of carbonyl (C=O) groups is 2. The number of nitrogens with zero attached hydrogens (tertiary/aromatic N) is 1. The molecule has 24 heavy (non-hydrogen) atoms. The lowest BCUT2D eigenvalue weighted by Crippen LogP contribution is -2.56. The van der Waals surface area contributed by atoms with Crippen LogP contribution in [-0.4, -0.2) is 49.0 Å². The fraction of sp³-hybridized carbons (Fsp3) is 0.556. The predicted molar refractivity (Wildman–Crippen MR) is 90.8 cm³/mol. The van der Waals surface area contributed by atoms with Crippen LogP contribution in [0, 0.1) is 0 Å². The third-order valence-electron chi connectivity index (χ3n) is 4.69. The van der Waals surface area contributed by atoms with E-state index in [1.54, 1.807) is 0 Å². The molecule has 2 heterocycles. The summed E-state index contributed by atoms with van der Waals surface area (Å²) < 4.78 is 5.60. The zero-order valence-electron chi connectivity index (χ0n) is 14.1. The molecule has 1 aromatic carbocycles. The van der Waals surface area contributed by atoms with Gasteiger partial charge in [-0.3, -0.25) is 14.5 Å². The number of ether oxygens (including phenoxy) is 1. The van der Waals surface area contributed by atoms with Crippen LogP contribution in [0.1, 0.15) is 30.9 Å². The van der Waals surface area contributed by atoms with Crippen molar-refractivity contribution in [2.75, 3.05) is 26.2 Å². The van der Waals surface area contributed by atoms with Gasteiger partial charge in [0.1, 0.15) is 5.75 Å². The van der Waals surface area contributed by atoms with Gasteiger partial charge in [-0.05, 0) is 36.6 Å². The third-order valence-corrected chi connectivity index (χ3v) is 4.69.